The molecule has 2 aliphatic heterocycles. The van der Waals surface area contributed by atoms with E-state index in [1.165, 1.54) is 36.2 Å². The number of hydrogen-bond acceptors (Lipinski definition) is 7. The summed E-state index contributed by atoms with van der Waals surface area (Å²) in [5.74, 6) is -2.61. The minimum absolute atomic E-state index is 0.0288. The van der Waals surface area contributed by atoms with Gasteiger partial charge in [0, 0.05) is 24.1 Å². The van der Waals surface area contributed by atoms with Gasteiger partial charge in [0.15, 0.2) is 5.78 Å². The number of carbonyl (C=O) groups excluding carboxylic acids is 3. The fourth-order valence-electron chi connectivity index (χ4n) is 3.72. The number of nitrogens with zero attached hydrogens (tertiary/aromatic N) is 4. The summed E-state index contributed by atoms with van der Waals surface area (Å²) in [6, 6.07) is 9.22. The molecule has 0 radical (unpaired) electrons. The van der Waals surface area contributed by atoms with Gasteiger partial charge in [0.2, 0.25) is 5.91 Å². The van der Waals surface area contributed by atoms with E-state index < -0.39 is 34.5 Å². The lowest BCUT2D eigenvalue weighted by Gasteiger charge is -2.23. The third-order valence-electron chi connectivity index (χ3n) is 5.21. The molecule has 2 aliphatic rings. The summed E-state index contributed by atoms with van der Waals surface area (Å²) >= 11 is 6.16. The second-order valence-corrected chi connectivity index (χ2v) is 7.39. The van der Waals surface area contributed by atoms with E-state index in [0.717, 1.165) is 4.90 Å². The average Bonchev–Trinajstić information content (AvgIpc) is 3.22. The van der Waals surface area contributed by atoms with E-state index in [1.807, 2.05) is 0 Å². The molecule has 0 aromatic heterocycles. The quantitative estimate of drug-likeness (QED) is 0.422. The third kappa shape index (κ3) is 2.86. The molecule has 1 fully saturated rings. The van der Waals surface area contributed by atoms with Gasteiger partial charge in [-0.15, -0.1) is 0 Å². The summed E-state index contributed by atoms with van der Waals surface area (Å²) in [5, 5.41) is 16.8. The first-order chi connectivity index (χ1) is 14.2. The largest absolute Gasteiger partial charge is 0.293 e. The van der Waals surface area contributed by atoms with Crippen LogP contribution in [0.1, 0.15) is 12.5 Å². The van der Waals surface area contributed by atoms with Crippen LogP contribution in [0.25, 0.3) is 0 Å². The monoisotopic (exact) mass is 426 g/mol. The van der Waals surface area contributed by atoms with E-state index in [0.29, 0.717) is 22.0 Å². The molecule has 4 rings (SSSR count). The molecule has 2 aromatic carbocycles. The van der Waals surface area contributed by atoms with Gasteiger partial charge in [0.25, 0.3) is 11.6 Å². The van der Waals surface area contributed by atoms with Gasteiger partial charge in [-0.05, 0) is 36.8 Å². The van der Waals surface area contributed by atoms with Crippen LogP contribution in [0.2, 0.25) is 5.02 Å². The maximum Gasteiger partial charge on any atom is 0.269 e. The summed E-state index contributed by atoms with van der Waals surface area (Å²) in [5.41, 5.74) is 1.11. The van der Waals surface area contributed by atoms with Crippen LogP contribution in [-0.2, 0) is 14.4 Å². The topological polar surface area (TPSA) is 113 Å². The first-order valence-electron chi connectivity index (χ1n) is 8.98. The summed E-state index contributed by atoms with van der Waals surface area (Å²) < 4.78 is 0. The highest BCUT2D eigenvalue weighted by Gasteiger charge is 2.58. The van der Waals surface area contributed by atoms with E-state index in [-0.39, 0.29) is 11.4 Å². The van der Waals surface area contributed by atoms with Crippen molar-refractivity contribution in [3.8, 4) is 0 Å². The number of ketones is 1. The number of anilines is 2. The lowest BCUT2D eigenvalue weighted by molar-refractivity contribution is -0.384. The highest BCUT2D eigenvalue weighted by atomic mass is 35.5. The number of benzene rings is 2. The molecular weight excluding hydrogens is 412 g/mol. The Balaban J connectivity index is 1.80. The molecule has 2 amide bonds. The number of carbonyl (C=O) groups is 3. The number of imide groups is 1. The van der Waals surface area contributed by atoms with Gasteiger partial charge in [-0.25, -0.2) is 4.90 Å². The van der Waals surface area contributed by atoms with Crippen molar-refractivity contribution in [1.29, 1.82) is 0 Å². The van der Waals surface area contributed by atoms with Crippen LogP contribution >= 0.6 is 11.6 Å². The SMILES string of the molecule is CC(=O)C1=NN(c2ccc([N+](=O)[O-])cc2)[C@@H]2C(=O)N(c3cccc(Cl)c3C)C(=O)[C@@H]12. The fourth-order valence-corrected chi connectivity index (χ4v) is 3.89. The number of nitro benzene ring substituents is 1. The first kappa shape index (κ1) is 19.7. The zero-order valence-electron chi connectivity index (χ0n) is 15.9. The molecule has 10 heteroatoms. The molecule has 0 unspecified atom stereocenters. The van der Waals surface area contributed by atoms with Crippen molar-refractivity contribution >= 4 is 52.0 Å². The van der Waals surface area contributed by atoms with Gasteiger partial charge in [-0.1, -0.05) is 17.7 Å². The molecular formula is C20H15ClN4O5. The first-order valence-corrected chi connectivity index (χ1v) is 9.36. The number of nitro groups is 1. The zero-order chi connectivity index (χ0) is 21.7. The summed E-state index contributed by atoms with van der Waals surface area (Å²) in [4.78, 5) is 50.1. The van der Waals surface area contributed by atoms with Gasteiger partial charge in [0.1, 0.15) is 17.7 Å². The van der Waals surface area contributed by atoms with E-state index in [1.54, 1.807) is 25.1 Å². The normalized spacial score (nSPS) is 20.4. The van der Waals surface area contributed by atoms with Crippen LogP contribution in [-0.4, -0.2) is 34.3 Å². The predicted octanol–water partition coefficient (Wildman–Crippen LogP) is 2.88. The van der Waals surface area contributed by atoms with Crippen LogP contribution in [0, 0.1) is 23.0 Å². The van der Waals surface area contributed by atoms with Crippen molar-refractivity contribution in [2.24, 2.45) is 11.0 Å². The van der Waals surface area contributed by atoms with Crippen molar-refractivity contribution in [2.75, 3.05) is 9.91 Å². The van der Waals surface area contributed by atoms with Crippen molar-refractivity contribution < 1.29 is 19.3 Å². The van der Waals surface area contributed by atoms with Gasteiger partial charge >= 0.3 is 0 Å². The lowest BCUT2D eigenvalue weighted by Crippen LogP contribution is -2.39. The van der Waals surface area contributed by atoms with Gasteiger partial charge < -0.3 is 0 Å². The Kier molecular flexibility index (Phi) is 4.62. The molecule has 0 N–H and O–H groups in total. The Morgan fingerprint density at radius 2 is 1.80 bits per heavy atom. The number of Topliss-reactive ketones (excluding diaryl/α,β-unsaturated/α-hetero) is 1. The molecule has 0 bridgehead atoms. The molecule has 0 aliphatic carbocycles. The van der Waals surface area contributed by atoms with Crippen LogP contribution in [0.3, 0.4) is 0 Å². The zero-order valence-corrected chi connectivity index (χ0v) is 16.7. The number of amides is 2. The standard InChI is InChI=1S/C20H15ClN4O5/c1-10-14(21)4-3-5-15(10)23-19(27)16-17(11(2)26)22-24(18(16)20(23)28)12-6-8-13(9-7-12)25(29)30/h3-9,16,18H,1-2H3/t16-,18-/m0/s1. The van der Waals surface area contributed by atoms with E-state index in [4.69, 9.17) is 11.6 Å². The maximum absolute atomic E-state index is 13.3. The lowest BCUT2D eigenvalue weighted by atomic mass is 9.95. The summed E-state index contributed by atoms with van der Waals surface area (Å²) in [7, 11) is 0. The molecule has 0 saturated carbocycles. The molecule has 2 aromatic rings. The molecule has 9 nitrogen and oxygen atoms in total. The molecule has 2 heterocycles. The number of halogens is 1. The number of fused-ring (bicyclic) bond motifs is 1. The summed E-state index contributed by atoms with van der Waals surface area (Å²) in [6.07, 6.45) is 0. The highest BCUT2D eigenvalue weighted by Crippen LogP contribution is 2.40. The van der Waals surface area contributed by atoms with Crippen LogP contribution in [0.15, 0.2) is 47.6 Å². The van der Waals surface area contributed by atoms with Gasteiger partial charge in [-0.2, -0.15) is 5.10 Å². The Labute approximate surface area is 175 Å². The Bertz CT molecular complexity index is 1140. The van der Waals surface area contributed by atoms with Crippen molar-refractivity contribution in [2.45, 2.75) is 19.9 Å². The number of hydrazone groups is 1. The minimum atomic E-state index is -1.07. The van der Waals surface area contributed by atoms with Crippen molar-refractivity contribution in [3.63, 3.8) is 0 Å². The average molecular weight is 427 g/mol. The highest BCUT2D eigenvalue weighted by molar-refractivity contribution is 6.49. The Morgan fingerprint density at radius 1 is 1.13 bits per heavy atom. The van der Waals surface area contributed by atoms with E-state index in [2.05, 4.69) is 5.10 Å². The van der Waals surface area contributed by atoms with Crippen LogP contribution in [0.5, 0.6) is 0 Å². The smallest absolute Gasteiger partial charge is 0.269 e. The van der Waals surface area contributed by atoms with E-state index in [9.17, 15) is 24.5 Å². The molecule has 30 heavy (non-hydrogen) atoms. The molecule has 2 atom stereocenters. The van der Waals surface area contributed by atoms with Crippen LogP contribution < -0.4 is 9.91 Å². The Morgan fingerprint density at radius 3 is 2.40 bits per heavy atom. The van der Waals surface area contributed by atoms with E-state index >= 15 is 0 Å². The maximum atomic E-state index is 13.3. The fraction of sp³-hybridized carbons (Fsp3) is 0.200. The molecule has 1 saturated heterocycles. The van der Waals surface area contributed by atoms with Crippen molar-refractivity contribution in [1.82, 2.24) is 0 Å². The number of non-ortho nitro benzene ring substituents is 1. The second-order valence-electron chi connectivity index (χ2n) is 6.98. The summed E-state index contributed by atoms with van der Waals surface area (Å²) in [6.45, 7) is 2.97. The van der Waals surface area contributed by atoms with Gasteiger partial charge in [-0.3, -0.25) is 29.5 Å². The number of hydrogen-bond donors (Lipinski definition) is 0. The molecule has 0 spiro atoms. The van der Waals surface area contributed by atoms with Crippen molar-refractivity contribution in [3.05, 3.63) is 63.2 Å². The third-order valence-corrected chi connectivity index (χ3v) is 5.62. The number of rotatable bonds is 4. The van der Waals surface area contributed by atoms with Gasteiger partial charge in [0.05, 0.1) is 16.3 Å². The predicted molar refractivity (Wildman–Crippen MR) is 110 cm³/mol. The second kappa shape index (κ2) is 7.03. The molecule has 152 valence electrons. The van der Waals surface area contributed by atoms with Crippen LogP contribution in [0.4, 0.5) is 17.1 Å². The minimum Gasteiger partial charge on any atom is -0.293 e. The Hall–Kier alpha value is -3.59.